The molecule has 4 nitrogen and oxygen atoms in total. The molecule has 2 fully saturated rings. The Hall–Kier alpha value is -0.770. The Kier molecular flexibility index (Phi) is 5.08. The topological polar surface area (TPSA) is 30.9 Å². The summed E-state index contributed by atoms with van der Waals surface area (Å²) in [5, 5.41) is 3.52. The maximum absolute atomic E-state index is 4.46. The first-order valence-corrected chi connectivity index (χ1v) is 7.76. The van der Waals surface area contributed by atoms with E-state index in [4.69, 9.17) is 0 Å². The Balaban J connectivity index is 1.76. The molecule has 0 aromatic carbocycles. The number of rotatable bonds is 4. The summed E-state index contributed by atoms with van der Waals surface area (Å²) in [4.78, 5) is 9.16. The van der Waals surface area contributed by atoms with Crippen molar-refractivity contribution in [2.45, 2.75) is 38.5 Å². The lowest BCUT2D eigenvalue weighted by molar-refractivity contribution is 0.309. The minimum atomic E-state index is 0.626. The predicted octanol–water partition coefficient (Wildman–Crippen LogP) is 1.78. The third-order valence-corrected chi connectivity index (χ3v) is 4.68. The zero-order valence-corrected chi connectivity index (χ0v) is 12.9. The zero-order valence-electron chi connectivity index (χ0n) is 12.9. The molecule has 1 N–H and O–H groups in total. The van der Waals surface area contributed by atoms with Crippen molar-refractivity contribution in [2.24, 2.45) is 10.4 Å². The first-order chi connectivity index (χ1) is 9.15. The van der Waals surface area contributed by atoms with Crippen molar-refractivity contribution in [1.82, 2.24) is 15.1 Å². The molecule has 0 bridgehead atoms. The molecule has 4 heteroatoms. The number of likely N-dealkylation sites (tertiary alicyclic amines) is 1. The van der Waals surface area contributed by atoms with Crippen LogP contribution in [0.25, 0.3) is 0 Å². The Morgan fingerprint density at radius 2 is 2.00 bits per heavy atom. The first-order valence-electron chi connectivity index (χ1n) is 7.76. The van der Waals surface area contributed by atoms with Crippen LogP contribution in [-0.4, -0.2) is 63.1 Å². The Labute approximate surface area is 118 Å². The molecule has 0 radical (unpaired) electrons. The summed E-state index contributed by atoms with van der Waals surface area (Å²) in [5.74, 6) is 1.11. The number of nitrogens with one attached hydrogen (secondary N) is 1. The van der Waals surface area contributed by atoms with Crippen molar-refractivity contribution in [1.29, 1.82) is 0 Å². The second kappa shape index (κ2) is 6.60. The van der Waals surface area contributed by atoms with Crippen molar-refractivity contribution < 1.29 is 0 Å². The van der Waals surface area contributed by atoms with Crippen molar-refractivity contribution >= 4 is 5.96 Å². The van der Waals surface area contributed by atoms with E-state index in [0.717, 1.165) is 19.0 Å². The van der Waals surface area contributed by atoms with Crippen LogP contribution in [0.1, 0.15) is 38.5 Å². The van der Waals surface area contributed by atoms with Gasteiger partial charge in [-0.3, -0.25) is 4.99 Å². The molecule has 2 aliphatic rings. The third kappa shape index (κ3) is 3.85. The molecule has 0 unspecified atom stereocenters. The number of hydrogen-bond donors (Lipinski definition) is 1. The number of hydrogen-bond acceptors (Lipinski definition) is 2. The average molecular weight is 266 g/mol. The number of aliphatic imine (C=N–C) groups is 1. The van der Waals surface area contributed by atoms with Crippen LogP contribution in [0, 0.1) is 5.41 Å². The largest absolute Gasteiger partial charge is 0.356 e. The molecule has 2 rings (SSSR count). The maximum atomic E-state index is 4.46. The summed E-state index contributed by atoms with van der Waals surface area (Å²) in [5.41, 5.74) is 0.626. The van der Waals surface area contributed by atoms with Gasteiger partial charge in [-0.25, -0.2) is 0 Å². The second-order valence-corrected chi connectivity index (χ2v) is 6.51. The molecule has 1 spiro atoms. The Morgan fingerprint density at radius 1 is 1.26 bits per heavy atom. The lowest BCUT2D eigenvalue weighted by Crippen LogP contribution is -2.41. The third-order valence-electron chi connectivity index (χ3n) is 4.68. The van der Waals surface area contributed by atoms with E-state index in [1.165, 1.54) is 51.6 Å². The van der Waals surface area contributed by atoms with Gasteiger partial charge in [0.2, 0.25) is 0 Å². The SMILES string of the molecule is CN=C(NCCCN(C)C)N1CCC2(CCCC2)C1. The molecule has 0 aromatic rings. The highest BCUT2D eigenvalue weighted by molar-refractivity contribution is 5.80. The summed E-state index contributed by atoms with van der Waals surface area (Å²) in [6, 6.07) is 0. The van der Waals surface area contributed by atoms with Gasteiger partial charge < -0.3 is 15.1 Å². The fourth-order valence-corrected chi connectivity index (χ4v) is 3.58. The van der Waals surface area contributed by atoms with E-state index < -0.39 is 0 Å². The van der Waals surface area contributed by atoms with Gasteiger partial charge in [-0.05, 0) is 51.7 Å². The summed E-state index contributed by atoms with van der Waals surface area (Å²) in [6.45, 7) is 4.57. The molecule has 19 heavy (non-hydrogen) atoms. The standard InChI is InChI=1S/C15H30N4/c1-16-14(17-10-6-11-18(2)3)19-12-9-15(13-19)7-4-5-8-15/h4-13H2,1-3H3,(H,16,17). The average Bonchev–Trinajstić information content (AvgIpc) is 3.00. The molecule has 1 heterocycles. The lowest BCUT2D eigenvalue weighted by Gasteiger charge is -2.26. The highest BCUT2D eigenvalue weighted by Crippen LogP contribution is 2.45. The summed E-state index contributed by atoms with van der Waals surface area (Å²) < 4.78 is 0. The van der Waals surface area contributed by atoms with Crippen LogP contribution < -0.4 is 5.32 Å². The van der Waals surface area contributed by atoms with E-state index in [0.29, 0.717) is 5.41 Å². The summed E-state index contributed by atoms with van der Waals surface area (Å²) in [6.07, 6.45) is 8.27. The maximum Gasteiger partial charge on any atom is 0.193 e. The Morgan fingerprint density at radius 3 is 2.63 bits per heavy atom. The normalized spacial score (nSPS) is 22.7. The predicted molar refractivity (Wildman–Crippen MR) is 81.6 cm³/mol. The van der Waals surface area contributed by atoms with E-state index >= 15 is 0 Å². The van der Waals surface area contributed by atoms with Gasteiger partial charge >= 0.3 is 0 Å². The highest BCUT2D eigenvalue weighted by Gasteiger charge is 2.40. The molecule has 0 amide bonds. The zero-order chi connectivity index (χ0) is 13.7. The van der Waals surface area contributed by atoms with Gasteiger partial charge in [0.05, 0.1) is 0 Å². The van der Waals surface area contributed by atoms with Crippen molar-refractivity contribution in [3.05, 3.63) is 0 Å². The van der Waals surface area contributed by atoms with Crippen LogP contribution in [0.3, 0.4) is 0 Å². The van der Waals surface area contributed by atoms with E-state index in [9.17, 15) is 0 Å². The van der Waals surface area contributed by atoms with Crippen LogP contribution in [0.5, 0.6) is 0 Å². The molecule has 1 saturated heterocycles. The van der Waals surface area contributed by atoms with Gasteiger partial charge in [0, 0.05) is 26.7 Å². The number of guanidine groups is 1. The van der Waals surface area contributed by atoms with E-state index in [2.05, 4.69) is 34.2 Å². The minimum Gasteiger partial charge on any atom is -0.356 e. The van der Waals surface area contributed by atoms with Crippen LogP contribution in [-0.2, 0) is 0 Å². The van der Waals surface area contributed by atoms with Crippen molar-refractivity contribution in [3.63, 3.8) is 0 Å². The Bertz CT molecular complexity index is 305. The van der Waals surface area contributed by atoms with Crippen molar-refractivity contribution in [3.8, 4) is 0 Å². The molecular formula is C15H30N4. The molecule has 1 aliphatic heterocycles. The molecule has 0 atom stereocenters. The number of nitrogens with zero attached hydrogens (tertiary/aromatic N) is 3. The molecule has 1 saturated carbocycles. The summed E-state index contributed by atoms with van der Waals surface area (Å²) in [7, 11) is 6.16. The van der Waals surface area contributed by atoms with Gasteiger partial charge in [-0.2, -0.15) is 0 Å². The van der Waals surface area contributed by atoms with Crippen LogP contribution in [0.4, 0.5) is 0 Å². The second-order valence-electron chi connectivity index (χ2n) is 6.51. The van der Waals surface area contributed by atoms with E-state index in [1.807, 2.05) is 7.05 Å². The quantitative estimate of drug-likeness (QED) is 0.478. The van der Waals surface area contributed by atoms with E-state index in [-0.39, 0.29) is 0 Å². The molecular weight excluding hydrogens is 236 g/mol. The fourth-order valence-electron chi connectivity index (χ4n) is 3.58. The van der Waals surface area contributed by atoms with Gasteiger partial charge in [0.15, 0.2) is 5.96 Å². The molecule has 0 aromatic heterocycles. The monoisotopic (exact) mass is 266 g/mol. The van der Waals surface area contributed by atoms with E-state index in [1.54, 1.807) is 0 Å². The van der Waals surface area contributed by atoms with Crippen LogP contribution in [0.2, 0.25) is 0 Å². The van der Waals surface area contributed by atoms with Crippen LogP contribution >= 0.6 is 0 Å². The highest BCUT2D eigenvalue weighted by atomic mass is 15.3. The van der Waals surface area contributed by atoms with Crippen LogP contribution in [0.15, 0.2) is 4.99 Å². The smallest absolute Gasteiger partial charge is 0.193 e. The van der Waals surface area contributed by atoms with Gasteiger partial charge in [-0.1, -0.05) is 12.8 Å². The van der Waals surface area contributed by atoms with Crippen molar-refractivity contribution in [2.75, 3.05) is 47.3 Å². The summed E-state index contributed by atoms with van der Waals surface area (Å²) >= 11 is 0. The van der Waals surface area contributed by atoms with Gasteiger partial charge in [0.1, 0.15) is 0 Å². The first kappa shape index (κ1) is 14.6. The molecule has 110 valence electrons. The van der Waals surface area contributed by atoms with Gasteiger partial charge in [0.25, 0.3) is 0 Å². The lowest BCUT2D eigenvalue weighted by atomic mass is 9.86. The van der Waals surface area contributed by atoms with Gasteiger partial charge in [-0.15, -0.1) is 0 Å². The fraction of sp³-hybridized carbons (Fsp3) is 0.933. The molecule has 1 aliphatic carbocycles. The minimum absolute atomic E-state index is 0.626.